The van der Waals surface area contributed by atoms with Crippen molar-refractivity contribution in [2.75, 3.05) is 13.2 Å². The first-order valence-electron chi connectivity index (χ1n) is 3.75. The van der Waals surface area contributed by atoms with E-state index in [-0.39, 0.29) is 12.7 Å². The Morgan fingerprint density at radius 1 is 1.27 bits per heavy atom. The van der Waals surface area contributed by atoms with E-state index in [9.17, 15) is 0 Å². The lowest BCUT2D eigenvalue weighted by Crippen LogP contribution is -1.96. The summed E-state index contributed by atoms with van der Waals surface area (Å²) in [5.74, 6) is 0. The summed E-state index contributed by atoms with van der Waals surface area (Å²) in [6, 6.07) is 8.11. The van der Waals surface area contributed by atoms with Crippen LogP contribution in [0, 0.1) is 0 Å². The van der Waals surface area contributed by atoms with Crippen LogP contribution in [0.25, 0.3) is 0 Å². The van der Waals surface area contributed by atoms with Crippen LogP contribution in [0.1, 0.15) is 17.2 Å². The standard InChI is InChI=1S/C9H10O2/c10-5-6-11-9-7-3-1-2-4-8(7)9/h1-4,9-10H,5-6H2. The molecule has 1 aliphatic rings. The van der Waals surface area contributed by atoms with E-state index < -0.39 is 0 Å². The van der Waals surface area contributed by atoms with E-state index in [0.29, 0.717) is 6.61 Å². The maximum Gasteiger partial charge on any atom is 0.108 e. The molecule has 11 heavy (non-hydrogen) atoms. The zero-order chi connectivity index (χ0) is 7.68. The van der Waals surface area contributed by atoms with Gasteiger partial charge < -0.3 is 9.84 Å². The molecule has 0 fully saturated rings. The van der Waals surface area contributed by atoms with Crippen LogP contribution in [0.4, 0.5) is 0 Å². The zero-order valence-electron chi connectivity index (χ0n) is 6.16. The van der Waals surface area contributed by atoms with Crippen molar-refractivity contribution in [3.63, 3.8) is 0 Å². The minimum Gasteiger partial charge on any atom is -0.394 e. The van der Waals surface area contributed by atoms with Gasteiger partial charge in [-0.15, -0.1) is 0 Å². The number of fused-ring (bicyclic) bond motifs is 1. The second-order valence-corrected chi connectivity index (χ2v) is 2.60. The van der Waals surface area contributed by atoms with Crippen LogP contribution in [0.3, 0.4) is 0 Å². The molecule has 2 rings (SSSR count). The third-order valence-electron chi connectivity index (χ3n) is 1.85. The molecular formula is C9H10O2. The Morgan fingerprint density at radius 3 is 2.45 bits per heavy atom. The molecule has 0 aromatic heterocycles. The van der Waals surface area contributed by atoms with Gasteiger partial charge in [0.15, 0.2) is 0 Å². The van der Waals surface area contributed by atoms with Gasteiger partial charge >= 0.3 is 0 Å². The van der Waals surface area contributed by atoms with E-state index in [0.717, 1.165) is 0 Å². The Kier molecular flexibility index (Phi) is 1.64. The van der Waals surface area contributed by atoms with Crippen molar-refractivity contribution in [2.45, 2.75) is 6.10 Å². The van der Waals surface area contributed by atoms with Gasteiger partial charge in [0.25, 0.3) is 0 Å². The van der Waals surface area contributed by atoms with Gasteiger partial charge in [-0.05, 0) is 11.1 Å². The lowest BCUT2D eigenvalue weighted by atomic mass is 10.4. The molecule has 0 amide bonds. The van der Waals surface area contributed by atoms with Gasteiger partial charge in [0.05, 0.1) is 13.2 Å². The third kappa shape index (κ3) is 1.15. The van der Waals surface area contributed by atoms with Crippen LogP contribution in [0.5, 0.6) is 0 Å². The monoisotopic (exact) mass is 150 g/mol. The molecule has 2 heteroatoms. The Bertz CT molecular complexity index is 234. The predicted molar refractivity (Wildman–Crippen MR) is 41.3 cm³/mol. The van der Waals surface area contributed by atoms with Crippen LogP contribution in [0.2, 0.25) is 0 Å². The van der Waals surface area contributed by atoms with Crippen molar-refractivity contribution < 1.29 is 9.84 Å². The molecule has 1 aromatic carbocycles. The third-order valence-corrected chi connectivity index (χ3v) is 1.85. The molecule has 0 radical (unpaired) electrons. The fourth-order valence-electron chi connectivity index (χ4n) is 1.27. The molecule has 2 nitrogen and oxygen atoms in total. The van der Waals surface area contributed by atoms with Gasteiger partial charge in [-0.1, -0.05) is 24.3 Å². The summed E-state index contributed by atoms with van der Waals surface area (Å²) in [5.41, 5.74) is 2.53. The average Bonchev–Trinajstić information content (AvgIpc) is 2.75. The summed E-state index contributed by atoms with van der Waals surface area (Å²) in [5, 5.41) is 8.50. The van der Waals surface area contributed by atoms with Gasteiger partial charge in [0, 0.05) is 0 Å². The number of aliphatic hydroxyl groups excluding tert-OH is 1. The highest BCUT2D eigenvalue weighted by Gasteiger charge is 2.32. The topological polar surface area (TPSA) is 29.5 Å². The Morgan fingerprint density at radius 2 is 1.91 bits per heavy atom. The molecule has 1 aromatic rings. The number of benzene rings is 1. The maximum atomic E-state index is 8.50. The molecule has 0 heterocycles. The number of hydrogen-bond acceptors (Lipinski definition) is 2. The molecule has 0 atom stereocenters. The Balaban J connectivity index is 1.96. The number of rotatable bonds is 3. The second kappa shape index (κ2) is 2.64. The van der Waals surface area contributed by atoms with Crippen molar-refractivity contribution in [3.8, 4) is 0 Å². The fraction of sp³-hybridized carbons (Fsp3) is 0.333. The minimum absolute atomic E-state index is 0.102. The molecule has 0 unspecified atom stereocenters. The minimum atomic E-state index is 0.102. The molecule has 0 saturated carbocycles. The molecular weight excluding hydrogens is 140 g/mol. The highest BCUT2D eigenvalue weighted by Crippen LogP contribution is 2.43. The molecule has 1 N–H and O–H groups in total. The highest BCUT2D eigenvalue weighted by molar-refractivity contribution is 5.49. The SMILES string of the molecule is OCCOC1c2ccccc21. The summed E-state index contributed by atoms with van der Waals surface area (Å²) in [7, 11) is 0. The maximum absolute atomic E-state index is 8.50. The van der Waals surface area contributed by atoms with Crippen LogP contribution in [0.15, 0.2) is 24.3 Å². The number of ether oxygens (including phenoxy) is 1. The summed E-state index contributed by atoms with van der Waals surface area (Å²) >= 11 is 0. The average molecular weight is 150 g/mol. The first kappa shape index (κ1) is 6.83. The highest BCUT2D eigenvalue weighted by atomic mass is 16.5. The smallest absolute Gasteiger partial charge is 0.108 e. The van der Waals surface area contributed by atoms with Gasteiger partial charge in [-0.3, -0.25) is 0 Å². The lowest BCUT2D eigenvalue weighted by Gasteiger charge is -1.95. The van der Waals surface area contributed by atoms with E-state index in [4.69, 9.17) is 9.84 Å². The normalized spacial score (nSPS) is 14.6. The zero-order valence-corrected chi connectivity index (χ0v) is 6.16. The van der Waals surface area contributed by atoms with Crippen molar-refractivity contribution in [3.05, 3.63) is 35.4 Å². The molecule has 58 valence electrons. The molecule has 1 aliphatic carbocycles. The Labute approximate surface area is 65.4 Å². The first-order valence-corrected chi connectivity index (χ1v) is 3.75. The number of hydrogen-bond donors (Lipinski definition) is 1. The quantitative estimate of drug-likeness (QED) is 0.699. The summed E-state index contributed by atoms with van der Waals surface area (Å²) < 4.78 is 5.32. The lowest BCUT2D eigenvalue weighted by molar-refractivity contribution is 0.0733. The van der Waals surface area contributed by atoms with Gasteiger partial charge in [0.2, 0.25) is 0 Å². The van der Waals surface area contributed by atoms with Crippen LogP contribution < -0.4 is 0 Å². The van der Waals surface area contributed by atoms with Crippen molar-refractivity contribution in [1.82, 2.24) is 0 Å². The van der Waals surface area contributed by atoms with Crippen molar-refractivity contribution >= 4 is 0 Å². The van der Waals surface area contributed by atoms with E-state index in [2.05, 4.69) is 12.1 Å². The Hall–Kier alpha value is -0.860. The first-order chi connectivity index (χ1) is 5.43. The number of aliphatic hydroxyl groups is 1. The largest absolute Gasteiger partial charge is 0.394 e. The van der Waals surface area contributed by atoms with E-state index >= 15 is 0 Å². The summed E-state index contributed by atoms with van der Waals surface area (Å²) in [4.78, 5) is 0. The van der Waals surface area contributed by atoms with Crippen LogP contribution in [-0.2, 0) is 4.74 Å². The molecule has 0 bridgehead atoms. The fourth-order valence-corrected chi connectivity index (χ4v) is 1.27. The van der Waals surface area contributed by atoms with E-state index in [1.807, 2.05) is 12.1 Å². The predicted octanol–water partition coefficient (Wildman–Crippen LogP) is 1.10. The summed E-state index contributed by atoms with van der Waals surface area (Å²) in [6.07, 6.45) is 0.178. The van der Waals surface area contributed by atoms with E-state index in [1.165, 1.54) is 11.1 Å². The molecule has 0 spiro atoms. The molecule has 0 saturated heterocycles. The van der Waals surface area contributed by atoms with Gasteiger partial charge in [0.1, 0.15) is 6.10 Å². The second-order valence-electron chi connectivity index (χ2n) is 2.60. The van der Waals surface area contributed by atoms with Crippen LogP contribution >= 0.6 is 0 Å². The van der Waals surface area contributed by atoms with Crippen molar-refractivity contribution in [1.29, 1.82) is 0 Å². The molecule has 0 aliphatic heterocycles. The van der Waals surface area contributed by atoms with Gasteiger partial charge in [-0.2, -0.15) is 0 Å². The van der Waals surface area contributed by atoms with Crippen LogP contribution in [-0.4, -0.2) is 18.3 Å². The van der Waals surface area contributed by atoms with Crippen molar-refractivity contribution in [2.24, 2.45) is 0 Å². The van der Waals surface area contributed by atoms with E-state index in [1.54, 1.807) is 0 Å². The van der Waals surface area contributed by atoms with Gasteiger partial charge in [-0.25, -0.2) is 0 Å². The summed E-state index contributed by atoms with van der Waals surface area (Å²) in [6.45, 7) is 0.532.